The molecule has 92 valence electrons. The topological polar surface area (TPSA) is 35.8 Å². The van der Waals surface area contributed by atoms with Gasteiger partial charge < -0.3 is 0 Å². The number of nitrogens with zero attached hydrogens (tertiary/aromatic N) is 1. The number of nitriles is 1. The van der Waals surface area contributed by atoms with Crippen LogP contribution in [0.5, 0.6) is 0 Å². The maximum Gasteiger partial charge on any atom is 0.104 e. The molecule has 3 heteroatoms. The fraction of sp³-hybridized carbons (Fsp3) is 0.923. The van der Waals surface area contributed by atoms with Crippen molar-refractivity contribution in [1.82, 2.24) is 5.32 Å². The minimum absolute atomic E-state index is 0.306. The van der Waals surface area contributed by atoms with Crippen LogP contribution in [0.2, 0.25) is 0 Å². The van der Waals surface area contributed by atoms with E-state index in [0.29, 0.717) is 10.8 Å². The van der Waals surface area contributed by atoms with Crippen molar-refractivity contribution < 1.29 is 0 Å². The molecular formula is C13H24N2S. The molecule has 0 radical (unpaired) electrons. The molecule has 0 amide bonds. The lowest BCUT2D eigenvalue weighted by atomic mass is 9.98. The Labute approximate surface area is 104 Å². The SMILES string of the molecule is CC(C#N)(CCCSC(C)(C)C)NC1CC1. The molecule has 0 saturated heterocycles. The van der Waals surface area contributed by atoms with Crippen LogP contribution in [0.4, 0.5) is 0 Å². The van der Waals surface area contributed by atoms with Crippen LogP contribution in [0, 0.1) is 11.3 Å². The summed E-state index contributed by atoms with van der Waals surface area (Å²) in [6.45, 7) is 8.75. The van der Waals surface area contributed by atoms with Gasteiger partial charge >= 0.3 is 0 Å². The van der Waals surface area contributed by atoms with Crippen molar-refractivity contribution in [3.8, 4) is 6.07 Å². The Morgan fingerprint density at radius 2 is 1.94 bits per heavy atom. The molecule has 1 aliphatic carbocycles. The van der Waals surface area contributed by atoms with Gasteiger partial charge in [0, 0.05) is 10.8 Å². The summed E-state index contributed by atoms with van der Waals surface area (Å²) in [6.07, 6.45) is 4.57. The molecule has 1 unspecified atom stereocenters. The second-order valence-corrected chi connectivity index (χ2v) is 7.85. The van der Waals surface area contributed by atoms with Gasteiger partial charge in [-0.2, -0.15) is 17.0 Å². The lowest BCUT2D eigenvalue weighted by Crippen LogP contribution is -2.42. The van der Waals surface area contributed by atoms with E-state index in [1.54, 1.807) is 0 Å². The van der Waals surface area contributed by atoms with E-state index in [1.165, 1.54) is 12.8 Å². The van der Waals surface area contributed by atoms with Gasteiger partial charge in [-0.15, -0.1) is 0 Å². The number of nitrogens with one attached hydrogen (secondary N) is 1. The number of rotatable bonds is 6. The predicted octanol–water partition coefficient (Wildman–Crippen LogP) is 3.33. The highest BCUT2D eigenvalue weighted by Crippen LogP contribution is 2.27. The highest BCUT2D eigenvalue weighted by molar-refractivity contribution is 8.00. The summed E-state index contributed by atoms with van der Waals surface area (Å²) in [6, 6.07) is 3.04. The van der Waals surface area contributed by atoms with E-state index >= 15 is 0 Å². The Bertz CT molecular complexity index is 260. The van der Waals surface area contributed by atoms with Crippen molar-refractivity contribution in [2.24, 2.45) is 0 Å². The third kappa shape index (κ3) is 5.77. The standard InChI is InChI=1S/C13H24N2S/c1-12(2,3)16-9-5-8-13(4,10-14)15-11-6-7-11/h11,15H,5-9H2,1-4H3. The maximum atomic E-state index is 9.20. The molecule has 0 aromatic heterocycles. The zero-order valence-corrected chi connectivity index (χ0v) is 11.8. The van der Waals surface area contributed by atoms with E-state index in [9.17, 15) is 5.26 Å². The first-order valence-corrected chi connectivity index (χ1v) is 7.16. The first-order valence-electron chi connectivity index (χ1n) is 6.18. The van der Waals surface area contributed by atoms with Crippen LogP contribution in [0.15, 0.2) is 0 Å². The normalized spacial score (nSPS) is 20.2. The summed E-state index contributed by atoms with van der Waals surface area (Å²) in [5.41, 5.74) is -0.306. The molecule has 0 aliphatic heterocycles. The zero-order chi connectivity index (χ0) is 12.2. The first-order chi connectivity index (χ1) is 7.35. The monoisotopic (exact) mass is 240 g/mol. The maximum absolute atomic E-state index is 9.20. The van der Waals surface area contributed by atoms with Crippen LogP contribution in [0.3, 0.4) is 0 Å². The van der Waals surface area contributed by atoms with E-state index in [1.807, 2.05) is 18.7 Å². The molecule has 1 aliphatic rings. The van der Waals surface area contributed by atoms with Gasteiger partial charge in [0.1, 0.15) is 5.54 Å². The molecule has 1 N–H and O–H groups in total. The van der Waals surface area contributed by atoms with Gasteiger partial charge in [-0.1, -0.05) is 20.8 Å². The molecule has 1 rings (SSSR count). The summed E-state index contributed by atoms with van der Waals surface area (Å²) in [7, 11) is 0. The van der Waals surface area contributed by atoms with E-state index in [0.717, 1.165) is 18.6 Å². The highest BCUT2D eigenvalue weighted by atomic mass is 32.2. The predicted molar refractivity (Wildman–Crippen MR) is 71.6 cm³/mol. The Morgan fingerprint density at radius 1 is 1.31 bits per heavy atom. The molecule has 0 heterocycles. The molecule has 0 bridgehead atoms. The van der Waals surface area contributed by atoms with Gasteiger partial charge in [0.15, 0.2) is 0 Å². The van der Waals surface area contributed by atoms with Crippen LogP contribution >= 0.6 is 11.8 Å². The lowest BCUT2D eigenvalue weighted by Gasteiger charge is -2.24. The van der Waals surface area contributed by atoms with E-state index < -0.39 is 0 Å². The van der Waals surface area contributed by atoms with E-state index in [2.05, 4.69) is 32.2 Å². The van der Waals surface area contributed by atoms with Gasteiger partial charge in [-0.3, -0.25) is 5.32 Å². The van der Waals surface area contributed by atoms with Gasteiger partial charge in [-0.05, 0) is 38.4 Å². The van der Waals surface area contributed by atoms with Crippen molar-refractivity contribution in [2.45, 2.75) is 69.7 Å². The van der Waals surface area contributed by atoms with E-state index in [-0.39, 0.29) is 5.54 Å². The van der Waals surface area contributed by atoms with Crippen molar-refractivity contribution >= 4 is 11.8 Å². The molecule has 0 spiro atoms. The van der Waals surface area contributed by atoms with E-state index in [4.69, 9.17) is 0 Å². The highest BCUT2D eigenvalue weighted by Gasteiger charge is 2.31. The largest absolute Gasteiger partial charge is 0.297 e. The van der Waals surface area contributed by atoms with Gasteiger partial charge in [-0.25, -0.2) is 0 Å². The number of hydrogen-bond donors (Lipinski definition) is 1. The zero-order valence-electron chi connectivity index (χ0n) is 11.0. The van der Waals surface area contributed by atoms with Crippen molar-refractivity contribution in [3.63, 3.8) is 0 Å². The molecule has 1 fully saturated rings. The summed E-state index contributed by atoms with van der Waals surface area (Å²) >= 11 is 1.98. The average molecular weight is 240 g/mol. The summed E-state index contributed by atoms with van der Waals surface area (Å²) in [4.78, 5) is 0. The Morgan fingerprint density at radius 3 is 2.38 bits per heavy atom. The fourth-order valence-electron chi connectivity index (χ4n) is 1.64. The summed E-state index contributed by atoms with van der Waals surface area (Å²) in [5.74, 6) is 1.15. The van der Waals surface area contributed by atoms with Gasteiger partial charge in [0.2, 0.25) is 0 Å². The molecule has 0 aromatic rings. The van der Waals surface area contributed by atoms with Gasteiger partial charge in [0.05, 0.1) is 6.07 Å². The molecule has 1 saturated carbocycles. The van der Waals surface area contributed by atoms with Crippen molar-refractivity contribution in [2.75, 3.05) is 5.75 Å². The van der Waals surface area contributed by atoms with Crippen LogP contribution < -0.4 is 5.32 Å². The Balaban J connectivity index is 2.20. The molecule has 1 atom stereocenters. The third-order valence-electron chi connectivity index (χ3n) is 2.70. The lowest BCUT2D eigenvalue weighted by molar-refractivity contribution is 0.411. The molecule has 2 nitrogen and oxygen atoms in total. The van der Waals surface area contributed by atoms with Crippen LogP contribution in [-0.4, -0.2) is 22.1 Å². The fourth-order valence-corrected chi connectivity index (χ4v) is 2.54. The Kier molecular flexibility index (Phi) is 4.70. The summed E-state index contributed by atoms with van der Waals surface area (Å²) in [5, 5.41) is 12.6. The van der Waals surface area contributed by atoms with Crippen LogP contribution in [0.1, 0.15) is 53.4 Å². The third-order valence-corrected chi connectivity index (χ3v) is 4.06. The Hall–Kier alpha value is -0.200. The minimum atomic E-state index is -0.306. The molecular weight excluding hydrogens is 216 g/mol. The smallest absolute Gasteiger partial charge is 0.104 e. The van der Waals surface area contributed by atoms with Crippen molar-refractivity contribution in [3.05, 3.63) is 0 Å². The van der Waals surface area contributed by atoms with Gasteiger partial charge in [0.25, 0.3) is 0 Å². The van der Waals surface area contributed by atoms with Crippen LogP contribution in [-0.2, 0) is 0 Å². The number of thioether (sulfide) groups is 1. The first kappa shape index (κ1) is 13.9. The minimum Gasteiger partial charge on any atom is -0.297 e. The molecule has 0 aromatic carbocycles. The second kappa shape index (κ2) is 5.42. The van der Waals surface area contributed by atoms with Crippen LogP contribution in [0.25, 0.3) is 0 Å². The van der Waals surface area contributed by atoms with Crippen molar-refractivity contribution in [1.29, 1.82) is 5.26 Å². The second-order valence-electron chi connectivity index (χ2n) is 5.93. The summed E-state index contributed by atoms with van der Waals surface area (Å²) < 4.78 is 0.340. The number of hydrogen-bond acceptors (Lipinski definition) is 3. The quantitative estimate of drug-likeness (QED) is 0.723. The molecule has 16 heavy (non-hydrogen) atoms. The average Bonchev–Trinajstić information content (AvgIpc) is 2.95.